The Morgan fingerprint density at radius 1 is 1.21 bits per heavy atom. The van der Waals surface area contributed by atoms with Gasteiger partial charge in [-0.3, -0.25) is 0 Å². The maximum Gasteiger partial charge on any atom is 0.152 e. The molecular weight excluding hydrogens is 256 g/mol. The van der Waals surface area contributed by atoms with Crippen molar-refractivity contribution in [2.24, 2.45) is 11.3 Å². The van der Waals surface area contributed by atoms with Crippen LogP contribution in [0.25, 0.3) is 0 Å². The van der Waals surface area contributed by atoms with E-state index in [-0.39, 0.29) is 0 Å². The Labute approximate surface area is 122 Å². The minimum absolute atomic E-state index is 0.437. The van der Waals surface area contributed by atoms with Gasteiger partial charge in [-0.25, -0.2) is 4.98 Å². The van der Waals surface area contributed by atoms with E-state index >= 15 is 0 Å². The number of halogens is 1. The zero-order valence-electron chi connectivity index (χ0n) is 12.5. The second-order valence-corrected chi connectivity index (χ2v) is 7.21. The summed E-state index contributed by atoms with van der Waals surface area (Å²) in [5.41, 5.74) is 2.63. The highest BCUT2D eigenvalue weighted by atomic mass is 35.5. The fourth-order valence-corrected chi connectivity index (χ4v) is 3.27. The van der Waals surface area contributed by atoms with Gasteiger partial charge in [-0.2, -0.15) is 0 Å². The van der Waals surface area contributed by atoms with E-state index in [0.717, 1.165) is 11.6 Å². The van der Waals surface area contributed by atoms with Gasteiger partial charge in [-0.1, -0.05) is 32.4 Å². The average Bonchev–Trinajstić information content (AvgIpc) is 2.33. The number of aryl methyl sites for hydroxylation is 1. The molecule has 0 atom stereocenters. The summed E-state index contributed by atoms with van der Waals surface area (Å²) < 4.78 is 0. The number of nitrogens with one attached hydrogen (secondary N) is 1. The molecule has 2 nitrogen and oxygen atoms in total. The third-order valence-corrected chi connectivity index (χ3v) is 4.70. The minimum atomic E-state index is 0.437. The molecule has 0 spiro atoms. The van der Waals surface area contributed by atoms with E-state index in [4.69, 9.17) is 11.6 Å². The first-order valence-electron chi connectivity index (χ1n) is 7.25. The van der Waals surface area contributed by atoms with Crippen LogP contribution in [-0.2, 0) is 0 Å². The van der Waals surface area contributed by atoms with Crippen LogP contribution in [0.2, 0.25) is 5.15 Å². The van der Waals surface area contributed by atoms with E-state index in [0.29, 0.717) is 16.6 Å². The van der Waals surface area contributed by atoms with Crippen LogP contribution in [0, 0.1) is 18.3 Å². The summed E-state index contributed by atoms with van der Waals surface area (Å²) in [4.78, 5) is 4.16. The normalized spacial score (nSPS) is 24.3. The van der Waals surface area contributed by atoms with Crippen molar-refractivity contribution in [1.82, 2.24) is 4.98 Å². The lowest BCUT2D eigenvalue weighted by Gasteiger charge is -2.37. The van der Waals surface area contributed by atoms with E-state index in [2.05, 4.69) is 38.0 Å². The van der Waals surface area contributed by atoms with Crippen LogP contribution in [0.4, 0.5) is 5.69 Å². The van der Waals surface area contributed by atoms with Crippen molar-refractivity contribution in [2.75, 3.05) is 5.32 Å². The van der Waals surface area contributed by atoms with Crippen molar-refractivity contribution in [3.05, 3.63) is 23.0 Å². The fourth-order valence-electron chi connectivity index (χ4n) is 3.01. The minimum Gasteiger partial charge on any atom is -0.380 e. The molecule has 1 heterocycles. The maximum absolute atomic E-state index is 6.18. The summed E-state index contributed by atoms with van der Waals surface area (Å²) in [7, 11) is 0. The van der Waals surface area contributed by atoms with Gasteiger partial charge in [-0.05, 0) is 55.6 Å². The quantitative estimate of drug-likeness (QED) is 0.766. The molecule has 19 heavy (non-hydrogen) atoms. The summed E-state index contributed by atoms with van der Waals surface area (Å²) in [6, 6.07) is 2.55. The molecule has 1 aromatic rings. The highest BCUT2D eigenvalue weighted by Crippen LogP contribution is 2.39. The van der Waals surface area contributed by atoms with Crippen LogP contribution >= 0.6 is 11.6 Å². The number of anilines is 1. The molecule has 0 aromatic carbocycles. The monoisotopic (exact) mass is 280 g/mol. The second-order valence-electron chi connectivity index (χ2n) is 6.85. The Kier molecular flexibility index (Phi) is 4.39. The molecule has 1 fully saturated rings. The second kappa shape index (κ2) is 5.70. The Morgan fingerprint density at radius 2 is 1.84 bits per heavy atom. The van der Waals surface area contributed by atoms with Crippen LogP contribution in [0.1, 0.15) is 52.0 Å². The third-order valence-electron chi connectivity index (χ3n) is 4.41. The predicted octanol–water partition coefficient (Wildman–Crippen LogP) is 5.06. The summed E-state index contributed by atoms with van der Waals surface area (Å²) in [5.74, 6) is 0.844. The Hall–Kier alpha value is -0.760. The molecular formula is C16H25ClN2. The third kappa shape index (κ3) is 3.62. The molecule has 1 aliphatic rings. The van der Waals surface area contributed by atoms with Crippen LogP contribution < -0.4 is 5.32 Å². The summed E-state index contributed by atoms with van der Waals surface area (Å²) in [6.07, 6.45) is 6.83. The molecule has 106 valence electrons. The first-order valence-corrected chi connectivity index (χ1v) is 7.63. The van der Waals surface area contributed by atoms with E-state index in [1.807, 2.05) is 6.07 Å². The van der Waals surface area contributed by atoms with Crippen molar-refractivity contribution in [3.63, 3.8) is 0 Å². The Bertz CT molecular complexity index is 409. The molecule has 0 aliphatic heterocycles. The number of rotatable bonds is 2. The molecule has 1 saturated carbocycles. The number of hydrogen-bond donors (Lipinski definition) is 1. The van der Waals surface area contributed by atoms with Crippen molar-refractivity contribution < 1.29 is 0 Å². The Balaban J connectivity index is 1.96. The van der Waals surface area contributed by atoms with E-state index < -0.39 is 0 Å². The van der Waals surface area contributed by atoms with E-state index in [1.165, 1.54) is 31.2 Å². The highest BCUT2D eigenvalue weighted by molar-refractivity contribution is 6.32. The van der Waals surface area contributed by atoms with Gasteiger partial charge in [0.25, 0.3) is 0 Å². The van der Waals surface area contributed by atoms with Crippen molar-refractivity contribution >= 4 is 17.3 Å². The predicted molar refractivity (Wildman–Crippen MR) is 82.8 cm³/mol. The van der Waals surface area contributed by atoms with Gasteiger partial charge < -0.3 is 5.32 Å². The molecule has 0 unspecified atom stereocenters. The number of aromatic nitrogens is 1. The number of nitrogens with zero attached hydrogens (tertiary/aromatic N) is 1. The van der Waals surface area contributed by atoms with Gasteiger partial charge in [0.1, 0.15) is 0 Å². The molecule has 0 amide bonds. The Morgan fingerprint density at radius 3 is 2.37 bits per heavy atom. The average molecular weight is 281 g/mol. The SMILES string of the molecule is Cc1ccnc(Cl)c1NC1CCC(C(C)(C)C)CC1. The maximum atomic E-state index is 6.18. The first kappa shape index (κ1) is 14.6. The summed E-state index contributed by atoms with van der Waals surface area (Å²) >= 11 is 6.18. The van der Waals surface area contributed by atoms with Crippen molar-refractivity contribution in [3.8, 4) is 0 Å². The molecule has 0 bridgehead atoms. The van der Waals surface area contributed by atoms with Gasteiger partial charge in [-0.15, -0.1) is 0 Å². The summed E-state index contributed by atoms with van der Waals surface area (Å²) in [5, 5.41) is 4.19. The molecule has 2 rings (SSSR count). The smallest absolute Gasteiger partial charge is 0.152 e. The molecule has 1 aromatic heterocycles. The van der Waals surface area contributed by atoms with E-state index in [9.17, 15) is 0 Å². The van der Waals surface area contributed by atoms with Gasteiger partial charge in [0.2, 0.25) is 0 Å². The molecule has 0 saturated heterocycles. The standard InChI is InChI=1S/C16H25ClN2/c1-11-9-10-18-15(17)14(11)19-13-7-5-12(6-8-13)16(2,3)4/h9-10,12-13,19H,5-8H2,1-4H3. The summed E-state index contributed by atoms with van der Waals surface area (Å²) in [6.45, 7) is 9.14. The van der Waals surface area contributed by atoms with Crippen molar-refractivity contribution in [2.45, 2.75) is 59.4 Å². The lowest BCUT2D eigenvalue weighted by molar-refractivity contribution is 0.173. The molecule has 1 N–H and O–H groups in total. The van der Waals surface area contributed by atoms with Crippen LogP contribution in [0.15, 0.2) is 12.3 Å². The highest BCUT2D eigenvalue weighted by Gasteiger charge is 2.29. The van der Waals surface area contributed by atoms with Crippen LogP contribution in [0.5, 0.6) is 0 Å². The zero-order valence-corrected chi connectivity index (χ0v) is 13.2. The van der Waals surface area contributed by atoms with Gasteiger partial charge in [0.05, 0.1) is 5.69 Å². The van der Waals surface area contributed by atoms with Crippen molar-refractivity contribution in [1.29, 1.82) is 0 Å². The zero-order chi connectivity index (χ0) is 14.0. The lowest BCUT2D eigenvalue weighted by Crippen LogP contribution is -2.31. The molecule has 1 aliphatic carbocycles. The van der Waals surface area contributed by atoms with Crippen LogP contribution in [0.3, 0.4) is 0 Å². The molecule has 0 radical (unpaired) electrons. The topological polar surface area (TPSA) is 24.9 Å². The van der Waals surface area contributed by atoms with Gasteiger partial charge in [0, 0.05) is 12.2 Å². The van der Waals surface area contributed by atoms with Crippen LogP contribution in [-0.4, -0.2) is 11.0 Å². The lowest BCUT2D eigenvalue weighted by atomic mass is 9.71. The van der Waals surface area contributed by atoms with E-state index in [1.54, 1.807) is 6.20 Å². The van der Waals surface area contributed by atoms with Gasteiger partial charge in [0.15, 0.2) is 5.15 Å². The number of hydrogen-bond acceptors (Lipinski definition) is 2. The first-order chi connectivity index (χ1) is 8.88. The fraction of sp³-hybridized carbons (Fsp3) is 0.688. The molecule has 3 heteroatoms. The number of pyridine rings is 1. The largest absolute Gasteiger partial charge is 0.380 e. The van der Waals surface area contributed by atoms with Gasteiger partial charge >= 0.3 is 0 Å².